The van der Waals surface area contributed by atoms with E-state index in [9.17, 15) is 9.59 Å². The highest BCUT2D eigenvalue weighted by molar-refractivity contribution is 5.69. The number of esters is 1. The Kier molecular flexibility index (Phi) is 17.8. The molecular weight excluding hydrogens is 336 g/mol. The van der Waals surface area contributed by atoms with Gasteiger partial charge in [-0.1, -0.05) is 52.4 Å². The summed E-state index contributed by atoms with van der Waals surface area (Å²) in [6.45, 7) is 5.64. The summed E-state index contributed by atoms with van der Waals surface area (Å²) < 4.78 is 16.7. The molecule has 0 bridgehead atoms. The highest BCUT2D eigenvalue weighted by atomic mass is 16.7. The molecule has 26 heavy (non-hydrogen) atoms. The topological polar surface area (TPSA) is 82.1 Å². The van der Waals surface area contributed by atoms with Crippen LogP contribution in [0.15, 0.2) is 0 Å². The summed E-state index contributed by atoms with van der Waals surface area (Å²) in [6.07, 6.45) is 9.75. The molecule has 0 saturated carbocycles. The zero-order valence-corrected chi connectivity index (χ0v) is 16.7. The van der Waals surface area contributed by atoms with Crippen LogP contribution in [0.3, 0.4) is 0 Å². The number of carboxylic acids is 1. The first-order valence-electron chi connectivity index (χ1n) is 10.2. The van der Waals surface area contributed by atoms with Crippen LogP contribution in [0.5, 0.6) is 0 Å². The smallest absolute Gasteiger partial charge is 0.305 e. The summed E-state index contributed by atoms with van der Waals surface area (Å²) in [7, 11) is 0. The Morgan fingerprint density at radius 2 is 1.31 bits per heavy atom. The second-order valence-electron chi connectivity index (χ2n) is 6.58. The van der Waals surface area contributed by atoms with Gasteiger partial charge >= 0.3 is 11.9 Å². The molecule has 0 aliphatic rings. The highest BCUT2D eigenvalue weighted by Gasteiger charge is 2.13. The number of ether oxygens (including phenoxy) is 3. The molecule has 0 fully saturated rings. The SMILES string of the molecule is CCCCCCOC(COC(=O)CCCCC(=O)O)OCCCCCC. The number of carboxylic acid groups (broad SMARTS) is 1. The molecule has 0 atom stereocenters. The number of unbranched alkanes of at least 4 members (excludes halogenated alkanes) is 7. The molecular formula is C20H38O6. The Hall–Kier alpha value is -1.14. The van der Waals surface area contributed by atoms with Gasteiger partial charge in [-0.25, -0.2) is 0 Å². The molecule has 6 heteroatoms. The first-order valence-corrected chi connectivity index (χ1v) is 10.2. The molecule has 0 heterocycles. The summed E-state index contributed by atoms with van der Waals surface area (Å²) in [5, 5.41) is 8.58. The maximum absolute atomic E-state index is 11.7. The maximum atomic E-state index is 11.7. The van der Waals surface area contributed by atoms with E-state index in [2.05, 4.69) is 13.8 Å². The van der Waals surface area contributed by atoms with Crippen LogP contribution in [0, 0.1) is 0 Å². The van der Waals surface area contributed by atoms with Gasteiger partial charge in [0.1, 0.15) is 6.61 Å². The minimum absolute atomic E-state index is 0.0810. The fourth-order valence-corrected chi connectivity index (χ4v) is 2.41. The van der Waals surface area contributed by atoms with Gasteiger partial charge in [-0.2, -0.15) is 0 Å². The van der Waals surface area contributed by atoms with Gasteiger partial charge in [0.2, 0.25) is 0 Å². The fraction of sp³-hybridized carbons (Fsp3) is 0.900. The van der Waals surface area contributed by atoms with E-state index in [1.54, 1.807) is 0 Å². The van der Waals surface area contributed by atoms with Gasteiger partial charge in [0.25, 0.3) is 0 Å². The Labute approximate surface area is 158 Å². The molecule has 0 radical (unpaired) electrons. The Morgan fingerprint density at radius 3 is 1.81 bits per heavy atom. The minimum atomic E-state index is -0.841. The van der Waals surface area contributed by atoms with Crippen molar-refractivity contribution in [3.05, 3.63) is 0 Å². The van der Waals surface area contributed by atoms with Crippen LogP contribution in [0.25, 0.3) is 0 Å². The second kappa shape index (κ2) is 18.6. The van der Waals surface area contributed by atoms with Crippen LogP contribution in [0.4, 0.5) is 0 Å². The van der Waals surface area contributed by atoms with E-state index >= 15 is 0 Å². The zero-order valence-electron chi connectivity index (χ0n) is 16.7. The van der Waals surface area contributed by atoms with E-state index in [0.717, 1.165) is 25.7 Å². The Balaban J connectivity index is 3.98. The van der Waals surface area contributed by atoms with Gasteiger partial charge in [0, 0.05) is 26.1 Å². The van der Waals surface area contributed by atoms with Crippen molar-refractivity contribution >= 4 is 11.9 Å². The molecule has 0 aromatic rings. The molecule has 0 aromatic heterocycles. The lowest BCUT2D eigenvalue weighted by molar-refractivity contribution is -0.183. The number of aliphatic carboxylic acids is 1. The van der Waals surface area contributed by atoms with Crippen LogP contribution < -0.4 is 0 Å². The Bertz CT molecular complexity index is 331. The lowest BCUT2D eigenvalue weighted by Gasteiger charge is -2.18. The standard InChI is InChI=1S/C20H38O6/c1-3-5-7-11-15-24-20(25-16-12-8-6-4-2)17-26-19(23)14-10-9-13-18(21)22/h20H,3-17H2,1-2H3,(H,21,22). The van der Waals surface area contributed by atoms with Crippen molar-refractivity contribution in [3.8, 4) is 0 Å². The van der Waals surface area contributed by atoms with Crippen molar-refractivity contribution in [2.75, 3.05) is 19.8 Å². The first kappa shape index (κ1) is 24.9. The van der Waals surface area contributed by atoms with E-state index in [1.165, 1.54) is 25.7 Å². The molecule has 0 unspecified atom stereocenters. The summed E-state index contributed by atoms with van der Waals surface area (Å²) in [5.74, 6) is -1.17. The third-order valence-electron chi connectivity index (χ3n) is 4.01. The zero-order chi connectivity index (χ0) is 19.5. The average molecular weight is 375 g/mol. The molecule has 6 nitrogen and oxygen atoms in total. The first-order chi connectivity index (χ1) is 12.6. The quantitative estimate of drug-likeness (QED) is 0.201. The average Bonchev–Trinajstić information content (AvgIpc) is 2.62. The molecule has 0 aliphatic heterocycles. The molecule has 0 spiro atoms. The summed E-state index contributed by atoms with van der Waals surface area (Å²) in [6, 6.07) is 0. The molecule has 0 aromatic carbocycles. The van der Waals surface area contributed by atoms with Gasteiger partial charge in [-0.05, 0) is 25.7 Å². The van der Waals surface area contributed by atoms with Crippen LogP contribution >= 0.6 is 0 Å². The number of rotatable bonds is 19. The van der Waals surface area contributed by atoms with E-state index < -0.39 is 12.3 Å². The van der Waals surface area contributed by atoms with Crippen molar-refractivity contribution in [1.82, 2.24) is 0 Å². The second-order valence-corrected chi connectivity index (χ2v) is 6.58. The van der Waals surface area contributed by atoms with Crippen molar-refractivity contribution in [2.45, 2.75) is 97.2 Å². The van der Waals surface area contributed by atoms with Gasteiger partial charge < -0.3 is 19.3 Å². The predicted octanol–water partition coefficient (Wildman–Crippen LogP) is 4.69. The van der Waals surface area contributed by atoms with E-state index in [4.69, 9.17) is 19.3 Å². The maximum Gasteiger partial charge on any atom is 0.305 e. The third kappa shape index (κ3) is 17.7. The molecule has 0 aliphatic carbocycles. The predicted molar refractivity (Wildman–Crippen MR) is 101 cm³/mol. The van der Waals surface area contributed by atoms with Gasteiger partial charge in [-0.15, -0.1) is 0 Å². The number of carbonyl (C=O) groups excluding carboxylic acids is 1. The lowest BCUT2D eigenvalue weighted by atomic mass is 10.2. The normalized spacial score (nSPS) is 11.0. The fourth-order valence-electron chi connectivity index (χ4n) is 2.41. The monoisotopic (exact) mass is 374 g/mol. The Morgan fingerprint density at radius 1 is 0.769 bits per heavy atom. The van der Waals surface area contributed by atoms with Crippen molar-refractivity contribution in [3.63, 3.8) is 0 Å². The van der Waals surface area contributed by atoms with E-state index in [0.29, 0.717) is 26.1 Å². The number of hydrogen-bond acceptors (Lipinski definition) is 5. The molecule has 1 N–H and O–H groups in total. The lowest BCUT2D eigenvalue weighted by Crippen LogP contribution is -2.26. The number of carbonyl (C=O) groups is 2. The van der Waals surface area contributed by atoms with E-state index in [-0.39, 0.29) is 25.4 Å². The molecule has 0 rings (SSSR count). The largest absolute Gasteiger partial charge is 0.481 e. The summed E-state index contributed by atoms with van der Waals surface area (Å²) in [4.78, 5) is 22.2. The molecule has 154 valence electrons. The van der Waals surface area contributed by atoms with Crippen LogP contribution in [-0.4, -0.2) is 43.2 Å². The minimum Gasteiger partial charge on any atom is -0.481 e. The van der Waals surface area contributed by atoms with Gasteiger partial charge in [-0.3, -0.25) is 9.59 Å². The van der Waals surface area contributed by atoms with Crippen molar-refractivity contribution < 1.29 is 28.9 Å². The summed E-state index contributed by atoms with van der Waals surface area (Å²) >= 11 is 0. The van der Waals surface area contributed by atoms with E-state index in [1.807, 2.05) is 0 Å². The third-order valence-corrected chi connectivity index (χ3v) is 4.01. The number of hydrogen-bond donors (Lipinski definition) is 1. The van der Waals surface area contributed by atoms with Crippen LogP contribution in [0.2, 0.25) is 0 Å². The highest BCUT2D eigenvalue weighted by Crippen LogP contribution is 2.07. The van der Waals surface area contributed by atoms with Crippen molar-refractivity contribution in [2.24, 2.45) is 0 Å². The van der Waals surface area contributed by atoms with Crippen LogP contribution in [0.1, 0.15) is 90.9 Å². The van der Waals surface area contributed by atoms with Crippen molar-refractivity contribution in [1.29, 1.82) is 0 Å². The summed E-state index contributed by atoms with van der Waals surface area (Å²) in [5.41, 5.74) is 0. The van der Waals surface area contributed by atoms with Crippen LogP contribution in [-0.2, 0) is 23.8 Å². The van der Waals surface area contributed by atoms with Gasteiger partial charge in [0.15, 0.2) is 6.29 Å². The molecule has 0 amide bonds. The molecule has 0 saturated heterocycles. The van der Waals surface area contributed by atoms with Gasteiger partial charge in [0.05, 0.1) is 0 Å².